The smallest absolute Gasteiger partial charge is 0.185 e. The summed E-state index contributed by atoms with van der Waals surface area (Å²) >= 11 is 0. The molecule has 4 heteroatoms. The topological polar surface area (TPSA) is 54.5 Å². The molecular formula is C12H20N4. The van der Waals surface area contributed by atoms with Gasteiger partial charge in [-0.2, -0.15) is 5.26 Å². The molecule has 16 heavy (non-hydrogen) atoms. The van der Waals surface area contributed by atoms with Gasteiger partial charge < -0.3 is 0 Å². The number of aryl methyl sites for hydroxylation is 1. The van der Waals surface area contributed by atoms with Crippen LogP contribution in [0.3, 0.4) is 0 Å². The van der Waals surface area contributed by atoms with Crippen LogP contribution in [0.4, 0.5) is 0 Å². The Morgan fingerprint density at radius 3 is 2.56 bits per heavy atom. The third-order valence-corrected chi connectivity index (χ3v) is 2.36. The molecule has 0 N–H and O–H groups in total. The molecule has 0 aliphatic heterocycles. The molecule has 1 rings (SSSR count). The Morgan fingerprint density at radius 1 is 1.38 bits per heavy atom. The maximum atomic E-state index is 8.99. The average Bonchev–Trinajstić information content (AvgIpc) is 2.55. The molecule has 88 valence electrons. The highest BCUT2D eigenvalue weighted by Crippen LogP contribution is 2.22. The molecule has 0 aromatic carbocycles. The number of rotatable bonds is 4. The minimum absolute atomic E-state index is 0.150. The van der Waals surface area contributed by atoms with E-state index >= 15 is 0 Å². The lowest BCUT2D eigenvalue weighted by molar-refractivity contribution is 0.389. The number of aromatic nitrogens is 3. The van der Waals surface area contributed by atoms with E-state index in [2.05, 4.69) is 44.1 Å². The standard InChI is InChI=1S/C12H20N4/c1-5-6-7-16-11(8-12(2,3)4)10(9-13)14-15-16/h5-8H2,1-4H3. The van der Waals surface area contributed by atoms with Gasteiger partial charge in [0, 0.05) is 6.54 Å². The van der Waals surface area contributed by atoms with E-state index < -0.39 is 0 Å². The quantitative estimate of drug-likeness (QED) is 0.783. The van der Waals surface area contributed by atoms with Crippen LogP contribution in [0.5, 0.6) is 0 Å². The van der Waals surface area contributed by atoms with Gasteiger partial charge in [0.05, 0.1) is 5.69 Å². The number of hydrogen-bond donors (Lipinski definition) is 0. The molecule has 1 heterocycles. The highest BCUT2D eigenvalue weighted by Gasteiger charge is 2.19. The third kappa shape index (κ3) is 3.34. The van der Waals surface area contributed by atoms with Crippen LogP contribution in [0.2, 0.25) is 0 Å². The van der Waals surface area contributed by atoms with Crippen molar-refractivity contribution in [2.75, 3.05) is 0 Å². The molecule has 0 bridgehead atoms. The predicted octanol–water partition coefficient (Wildman–Crippen LogP) is 2.54. The second kappa shape index (κ2) is 5.11. The first-order valence-corrected chi connectivity index (χ1v) is 5.80. The molecule has 0 radical (unpaired) electrons. The molecule has 0 aliphatic carbocycles. The fraction of sp³-hybridized carbons (Fsp3) is 0.750. The second-order valence-electron chi connectivity index (χ2n) is 5.31. The van der Waals surface area contributed by atoms with Crippen LogP contribution in [-0.4, -0.2) is 15.0 Å². The normalized spacial score (nSPS) is 11.4. The molecule has 4 nitrogen and oxygen atoms in total. The zero-order valence-corrected chi connectivity index (χ0v) is 10.6. The van der Waals surface area contributed by atoms with Gasteiger partial charge in [-0.25, -0.2) is 4.68 Å². The van der Waals surface area contributed by atoms with E-state index in [1.165, 1.54) is 0 Å². The largest absolute Gasteiger partial charge is 0.248 e. The van der Waals surface area contributed by atoms with Gasteiger partial charge in [-0.15, -0.1) is 5.10 Å². The number of hydrogen-bond acceptors (Lipinski definition) is 3. The van der Waals surface area contributed by atoms with Crippen molar-refractivity contribution >= 4 is 0 Å². The van der Waals surface area contributed by atoms with Gasteiger partial charge in [0.25, 0.3) is 0 Å². The summed E-state index contributed by atoms with van der Waals surface area (Å²) in [5.41, 5.74) is 1.60. The first-order chi connectivity index (χ1) is 7.48. The molecule has 0 saturated heterocycles. The maximum Gasteiger partial charge on any atom is 0.185 e. The number of unbranched alkanes of at least 4 members (excludes halogenated alkanes) is 1. The molecule has 1 aromatic heterocycles. The third-order valence-electron chi connectivity index (χ3n) is 2.36. The van der Waals surface area contributed by atoms with Gasteiger partial charge in [-0.1, -0.05) is 39.3 Å². The summed E-state index contributed by atoms with van der Waals surface area (Å²) in [7, 11) is 0. The van der Waals surface area contributed by atoms with Crippen LogP contribution >= 0.6 is 0 Å². The van der Waals surface area contributed by atoms with Crippen molar-refractivity contribution in [3.63, 3.8) is 0 Å². The van der Waals surface area contributed by atoms with E-state index in [0.29, 0.717) is 5.69 Å². The zero-order valence-electron chi connectivity index (χ0n) is 10.6. The first kappa shape index (κ1) is 12.7. The zero-order chi connectivity index (χ0) is 12.2. The summed E-state index contributed by atoms with van der Waals surface area (Å²) in [6.45, 7) is 9.48. The van der Waals surface area contributed by atoms with E-state index in [-0.39, 0.29) is 5.41 Å². The van der Waals surface area contributed by atoms with E-state index in [1.54, 1.807) is 0 Å². The fourth-order valence-electron chi connectivity index (χ4n) is 1.58. The monoisotopic (exact) mass is 220 g/mol. The summed E-state index contributed by atoms with van der Waals surface area (Å²) in [5.74, 6) is 0. The minimum Gasteiger partial charge on any atom is -0.248 e. The summed E-state index contributed by atoms with van der Waals surface area (Å²) in [5, 5.41) is 17.0. The SMILES string of the molecule is CCCCn1nnc(C#N)c1CC(C)(C)C. The highest BCUT2D eigenvalue weighted by molar-refractivity contribution is 5.25. The van der Waals surface area contributed by atoms with Crippen molar-refractivity contribution < 1.29 is 0 Å². The van der Waals surface area contributed by atoms with Crippen molar-refractivity contribution in [1.29, 1.82) is 5.26 Å². The molecule has 1 aromatic rings. The molecule has 0 aliphatic rings. The second-order valence-corrected chi connectivity index (χ2v) is 5.31. The van der Waals surface area contributed by atoms with Gasteiger partial charge in [0.15, 0.2) is 5.69 Å². The maximum absolute atomic E-state index is 8.99. The lowest BCUT2D eigenvalue weighted by Gasteiger charge is -2.18. The van der Waals surface area contributed by atoms with Gasteiger partial charge in [0.1, 0.15) is 6.07 Å². The molecule has 0 amide bonds. The molecular weight excluding hydrogens is 200 g/mol. The molecule has 0 atom stereocenters. The van der Waals surface area contributed by atoms with Crippen LogP contribution in [0, 0.1) is 16.7 Å². The van der Waals surface area contributed by atoms with Gasteiger partial charge in [-0.3, -0.25) is 0 Å². The molecule has 0 spiro atoms. The van der Waals surface area contributed by atoms with Crippen LogP contribution < -0.4 is 0 Å². The minimum atomic E-state index is 0.150. The van der Waals surface area contributed by atoms with E-state index in [4.69, 9.17) is 5.26 Å². The Balaban J connectivity index is 2.93. The van der Waals surface area contributed by atoms with Crippen molar-refractivity contribution in [3.8, 4) is 6.07 Å². The molecule has 0 unspecified atom stereocenters. The summed E-state index contributed by atoms with van der Waals surface area (Å²) in [6, 6.07) is 2.12. The van der Waals surface area contributed by atoms with Crippen LogP contribution in [0.15, 0.2) is 0 Å². The van der Waals surface area contributed by atoms with Gasteiger partial charge >= 0.3 is 0 Å². The lowest BCUT2D eigenvalue weighted by Crippen LogP contribution is -2.15. The Morgan fingerprint density at radius 2 is 2.06 bits per heavy atom. The Hall–Kier alpha value is -1.37. The van der Waals surface area contributed by atoms with Gasteiger partial charge in [0.2, 0.25) is 0 Å². The number of nitriles is 1. The molecule has 0 fully saturated rings. The Bertz CT molecular complexity index is 379. The van der Waals surface area contributed by atoms with E-state index in [9.17, 15) is 0 Å². The Labute approximate surface area is 97.3 Å². The van der Waals surface area contributed by atoms with Crippen molar-refractivity contribution in [1.82, 2.24) is 15.0 Å². The van der Waals surface area contributed by atoms with Crippen molar-refractivity contribution in [3.05, 3.63) is 11.4 Å². The average molecular weight is 220 g/mol. The predicted molar refractivity (Wildman–Crippen MR) is 62.8 cm³/mol. The summed E-state index contributed by atoms with van der Waals surface area (Å²) in [4.78, 5) is 0. The molecule has 0 saturated carbocycles. The van der Waals surface area contributed by atoms with E-state index in [1.807, 2.05) is 4.68 Å². The summed E-state index contributed by atoms with van der Waals surface area (Å²) in [6.07, 6.45) is 3.04. The first-order valence-electron chi connectivity index (χ1n) is 5.80. The van der Waals surface area contributed by atoms with E-state index in [0.717, 1.165) is 31.5 Å². The van der Waals surface area contributed by atoms with Gasteiger partial charge in [-0.05, 0) is 18.3 Å². The van der Waals surface area contributed by atoms with Crippen LogP contribution in [-0.2, 0) is 13.0 Å². The van der Waals surface area contributed by atoms with Crippen molar-refractivity contribution in [2.45, 2.75) is 53.5 Å². The van der Waals surface area contributed by atoms with Crippen LogP contribution in [0.25, 0.3) is 0 Å². The summed E-state index contributed by atoms with van der Waals surface area (Å²) < 4.78 is 1.88. The van der Waals surface area contributed by atoms with Crippen molar-refractivity contribution in [2.24, 2.45) is 5.41 Å². The lowest BCUT2D eigenvalue weighted by atomic mass is 9.90. The number of nitrogens with zero attached hydrogens (tertiary/aromatic N) is 4. The highest BCUT2D eigenvalue weighted by atomic mass is 15.4. The fourth-order valence-corrected chi connectivity index (χ4v) is 1.58. The Kier molecular flexibility index (Phi) is 4.05. The van der Waals surface area contributed by atoms with Crippen LogP contribution in [0.1, 0.15) is 51.9 Å².